The fourth-order valence-corrected chi connectivity index (χ4v) is 3.90. The largest absolute Gasteiger partial charge is 0.334 e. The summed E-state index contributed by atoms with van der Waals surface area (Å²) in [6.07, 6.45) is 13.7. The van der Waals surface area contributed by atoms with Gasteiger partial charge < -0.3 is 9.88 Å². The molecule has 2 heterocycles. The van der Waals surface area contributed by atoms with Gasteiger partial charge >= 0.3 is 0 Å². The molecule has 106 valence electrons. The summed E-state index contributed by atoms with van der Waals surface area (Å²) in [7, 11) is 0. The Hall–Kier alpha value is -0.830. The second kappa shape index (κ2) is 5.66. The molecule has 2 fully saturated rings. The van der Waals surface area contributed by atoms with E-state index in [-0.39, 0.29) is 0 Å². The third kappa shape index (κ3) is 3.02. The van der Waals surface area contributed by atoms with E-state index in [4.69, 9.17) is 0 Å². The first-order valence-electron chi connectivity index (χ1n) is 7.98. The second-order valence-corrected chi connectivity index (χ2v) is 6.84. The van der Waals surface area contributed by atoms with Crippen LogP contribution in [0.1, 0.15) is 63.5 Å². The smallest absolute Gasteiger partial charge is 0.0948 e. The molecular weight excluding hydrogens is 234 g/mol. The van der Waals surface area contributed by atoms with E-state index in [0.717, 1.165) is 19.0 Å². The number of hydrogen-bond donors (Lipinski definition) is 1. The minimum Gasteiger partial charge on any atom is -0.334 e. The molecule has 0 spiro atoms. The summed E-state index contributed by atoms with van der Waals surface area (Å²) in [5, 5.41) is 3.46. The van der Waals surface area contributed by atoms with Gasteiger partial charge in [-0.2, -0.15) is 0 Å². The van der Waals surface area contributed by atoms with Crippen molar-refractivity contribution in [2.75, 3.05) is 13.1 Å². The maximum absolute atomic E-state index is 4.44. The maximum Gasteiger partial charge on any atom is 0.0948 e. The van der Waals surface area contributed by atoms with Gasteiger partial charge in [-0.05, 0) is 44.2 Å². The lowest BCUT2D eigenvalue weighted by Gasteiger charge is -2.35. The second-order valence-electron chi connectivity index (χ2n) is 6.84. The summed E-state index contributed by atoms with van der Waals surface area (Å²) >= 11 is 0. The third-order valence-electron chi connectivity index (χ3n) is 5.11. The molecule has 0 unspecified atom stereocenters. The standard InChI is InChI=1S/C16H27N3/c1-16(7-3-2-4-8-16)12-19-13-18-11-15(19)14-5-9-17-10-6-14/h11,13-14,17H,2-10,12H2,1H3. The number of piperidine rings is 1. The summed E-state index contributed by atoms with van der Waals surface area (Å²) < 4.78 is 2.46. The topological polar surface area (TPSA) is 29.9 Å². The lowest BCUT2D eigenvalue weighted by atomic mass is 9.75. The van der Waals surface area contributed by atoms with Gasteiger partial charge in [-0.15, -0.1) is 0 Å². The van der Waals surface area contributed by atoms with Gasteiger partial charge in [0.25, 0.3) is 0 Å². The van der Waals surface area contributed by atoms with Crippen molar-refractivity contribution in [1.82, 2.24) is 14.9 Å². The van der Waals surface area contributed by atoms with Crippen LogP contribution in [0.2, 0.25) is 0 Å². The van der Waals surface area contributed by atoms with E-state index in [9.17, 15) is 0 Å². The van der Waals surface area contributed by atoms with E-state index in [0.29, 0.717) is 5.41 Å². The third-order valence-corrected chi connectivity index (χ3v) is 5.11. The Balaban J connectivity index is 1.72. The molecule has 2 aliphatic rings. The van der Waals surface area contributed by atoms with Crippen LogP contribution in [0.25, 0.3) is 0 Å². The van der Waals surface area contributed by atoms with Crippen molar-refractivity contribution < 1.29 is 0 Å². The van der Waals surface area contributed by atoms with Gasteiger partial charge in [0, 0.05) is 24.4 Å². The van der Waals surface area contributed by atoms with Gasteiger partial charge in [-0.1, -0.05) is 26.2 Å². The Morgan fingerprint density at radius 1 is 1.26 bits per heavy atom. The highest BCUT2D eigenvalue weighted by Gasteiger charge is 2.29. The van der Waals surface area contributed by atoms with E-state index >= 15 is 0 Å². The monoisotopic (exact) mass is 261 g/mol. The van der Waals surface area contributed by atoms with Crippen molar-refractivity contribution in [3.05, 3.63) is 18.2 Å². The van der Waals surface area contributed by atoms with Crippen molar-refractivity contribution in [3.63, 3.8) is 0 Å². The van der Waals surface area contributed by atoms with Gasteiger partial charge in [-0.3, -0.25) is 0 Å². The van der Waals surface area contributed by atoms with Crippen molar-refractivity contribution in [3.8, 4) is 0 Å². The molecule has 3 nitrogen and oxygen atoms in total. The average molecular weight is 261 g/mol. The number of rotatable bonds is 3. The van der Waals surface area contributed by atoms with Crippen LogP contribution in [0, 0.1) is 5.41 Å². The fraction of sp³-hybridized carbons (Fsp3) is 0.812. The van der Waals surface area contributed by atoms with Crippen molar-refractivity contribution in [2.45, 2.75) is 64.3 Å². The first kappa shape index (κ1) is 13.2. The molecule has 1 aliphatic heterocycles. The normalized spacial score (nSPS) is 24.5. The van der Waals surface area contributed by atoms with Crippen molar-refractivity contribution in [2.24, 2.45) is 5.41 Å². The molecule has 0 radical (unpaired) electrons. The summed E-state index contributed by atoms with van der Waals surface area (Å²) in [4.78, 5) is 4.44. The minimum atomic E-state index is 0.501. The van der Waals surface area contributed by atoms with E-state index in [1.165, 1.54) is 57.2 Å². The molecule has 1 saturated heterocycles. The number of aromatic nitrogens is 2. The molecule has 0 aromatic carbocycles. The first-order chi connectivity index (χ1) is 9.27. The fourth-order valence-electron chi connectivity index (χ4n) is 3.90. The highest BCUT2D eigenvalue weighted by atomic mass is 15.1. The van der Waals surface area contributed by atoms with Crippen LogP contribution in [-0.2, 0) is 6.54 Å². The van der Waals surface area contributed by atoms with Crippen LogP contribution in [0.5, 0.6) is 0 Å². The quantitative estimate of drug-likeness (QED) is 0.904. The van der Waals surface area contributed by atoms with Gasteiger partial charge in [0.2, 0.25) is 0 Å². The molecule has 1 saturated carbocycles. The number of imidazole rings is 1. The summed E-state index contributed by atoms with van der Waals surface area (Å²) in [6, 6.07) is 0. The molecule has 19 heavy (non-hydrogen) atoms. The SMILES string of the molecule is CC1(Cn2cncc2C2CCNCC2)CCCCC1. The molecule has 1 aromatic rings. The Kier molecular flexibility index (Phi) is 3.92. The molecular formula is C16H27N3. The van der Waals surface area contributed by atoms with Crippen LogP contribution >= 0.6 is 0 Å². The molecule has 1 aromatic heterocycles. The number of nitrogens with zero attached hydrogens (tertiary/aromatic N) is 2. The zero-order valence-electron chi connectivity index (χ0n) is 12.2. The van der Waals surface area contributed by atoms with E-state index < -0.39 is 0 Å². The molecule has 0 bridgehead atoms. The minimum absolute atomic E-state index is 0.501. The van der Waals surface area contributed by atoms with E-state index in [2.05, 4.69) is 34.3 Å². The lowest BCUT2D eigenvalue weighted by Crippen LogP contribution is -2.30. The molecule has 0 atom stereocenters. The highest BCUT2D eigenvalue weighted by Crippen LogP contribution is 2.38. The molecule has 1 aliphatic carbocycles. The number of nitrogens with one attached hydrogen (secondary N) is 1. The van der Waals surface area contributed by atoms with E-state index in [1.807, 2.05) is 0 Å². The Morgan fingerprint density at radius 2 is 2.00 bits per heavy atom. The molecule has 1 N–H and O–H groups in total. The first-order valence-corrected chi connectivity index (χ1v) is 7.98. The molecule has 3 rings (SSSR count). The molecule has 3 heteroatoms. The summed E-state index contributed by atoms with van der Waals surface area (Å²) in [6.45, 7) is 5.96. The highest BCUT2D eigenvalue weighted by molar-refractivity contribution is 5.08. The van der Waals surface area contributed by atoms with Crippen LogP contribution in [0.4, 0.5) is 0 Å². The van der Waals surface area contributed by atoms with Crippen LogP contribution in [0.15, 0.2) is 12.5 Å². The predicted octanol–water partition coefficient (Wildman–Crippen LogP) is 3.32. The van der Waals surface area contributed by atoms with Gasteiger partial charge in [-0.25, -0.2) is 4.98 Å². The van der Waals surface area contributed by atoms with Crippen LogP contribution in [0.3, 0.4) is 0 Å². The van der Waals surface area contributed by atoms with Gasteiger partial charge in [0.05, 0.1) is 6.33 Å². The Labute approximate surface area is 116 Å². The predicted molar refractivity (Wildman–Crippen MR) is 78.3 cm³/mol. The summed E-state index contributed by atoms with van der Waals surface area (Å²) in [5.41, 5.74) is 1.98. The zero-order valence-corrected chi connectivity index (χ0v) is 12.2. The van der Waals surface area contributed by atoms with E-state index in [1.54, 1.807) is 0 Å². The van der Waals surface area contributed by atoms with Crippen molar-refractivity contribution >= 4 is 0 Å². The number of hydrogen-bond acceptors (Lipinski definition) is 2. The van der Waals surface area contributed by atoms with Crippen LogP contribution < -0.4 is 5.32 Å². The summed E-state index contributed by atoms with van der Waals surface area (Å²) in [5.74, 6) is 0.718. The van der Waals surface area contributed by atoms with Gasteiger partial charge in [0.15, 0.2) is 0 Å². The Bertz CT molecular complexity index is 398. The average Bonchev–Trinajstić information content (AvgIpc) is 2.88. The lowest BCUT2D eigenvalue weighted by molar-refractivity contribution is 0.180. The maximum atomic E-state index is 4.44. The van der Waals surface area contributed by atoms with Gasteiger partial charge in [0.1, 0.15) is 0 Å². The Morgan fingerprint density at radius 3 is 2.74 bits per heavy atom. The van der Waals surface area contributed by atoms with Crippen molar-refractivity contribution in [1.29, 1.82) is 0 Å². The van der Waals surface area contributed by atoms with Crippen LogP contribution in [-0.4, -0.2) is 22.6 Å². The zero-order chi connectivity index (χ0) is 13.1. The molecule has 0 amide bonds.